The number of rotatable bonds is 6. The maximum Gasteiger partial charge on any atom is 0.234 e. The van der Waals surface area contributed by atoms with Crippen LogP contribution >= 0.6 is 0 Å². The Balaban J connectivity index is 2.16. The van der Waals surface area contributed by atoms with Crippen molar-refractivity contribution < 1.29 is 4.79 Å². The van der Waals surface area contributed by atoms with E-state index in [1.54, 1.807) is 0 Å². The predicted octanol–water partition coefficient (Wildman–Crippen LogP) is 0.975. The molecule has 1 saturated carbocycles. The molecule has 0 atom stereocenters. The van der Waals surface area contributed by atoms with Gasteiger partial charge < -0.3 is 15.5 Å². The van der Waals surface area contributed by atoms with Crippen molar-refractivity contribution in [3.05, 3.63) is 0 Å². The summed E-state index contributed by atoms with van der Waals surface area (Å²) in [5.74, 6) is 0.104. The largest absolute Gasteiger partial charge is 0.353 e. The van der Waals surface area contributed by atoms with Gasteiger partial charge in [-0.3, -0.25) is 4.79 Å². The molecule has 1 aliphatic rings. The zero-order valence-electron chi connectivity index (χ0n) is 11.7. The van der Waals surface area contributed by atoms with Crippen LogP contribution in [0.15, 0.2) is 0 Å². The van der Waals surface area contributed by atoms with Gasteiger partial charge in [0.25, 0.3) is 0 Å². The Labute approximate surface area is 105 Å². The molecule has 0 unspecified atom stereocenters. The van der Waals surface area contributed by atoms with Crippen molar-refractivity contribution in [3.8, 4) is 0 Å². The van der Waals surface area contributed by atoms with Gasteiger partial charge in [0.15, 0.2) is 0 Å². The van der Waals surface area contributed by atoms with Crippen LogP contribution in [0.5, 0.6) is 0 Å². The second-order valence-electron chi connectivity index (χ2n) is 5.85. The van der Waals surface area contributed by atoms with Crippen LogP contribution in [0.4, 0.5) is 0 Å². The maximum absolute atomic E-state index is 11.7. The lowest BCUT2D eigenvalue weighted by molar-refractivity contribution is -0.120. The minimum atomic E-state index is 0.00299. The molecule has 0 saturated heterocycles. The van der Waals surface area contributed by atoms with Crippen LogP contribution in [0.3, 0.4) is 0 Å². The molecule has 17 heavy (non-hydrogen) atoms. The second-order valence-corrected chi connectivity index (χ2v) is 5.85. The van der Waals surface area contributed by atoms with Crippen LogP contribution in [0.1, 0.15) is 39.5 Å². The van der Waals surface area contributed by atoms with E-state index in [0.29, 0.717) is 19.1 Å². The first kappa shape index (κ1) is 14.5. The maximum atomic E-state index is 11.7. The van der Waals surface area contributed by atoms with Crippen LogP contribution in [-0.4, -0.2) is 49.6 Å². The van der Waals surface area contributed by atoms with Gasteiger partial charge in [-0.1, -0.05) is 12.8 Å². The van der Waals surface area contributed by atoms with Gasteiger partial charge in [0.1, 0.15) is 0 Å². The standard InChI is InChI=1S/C13H27N3O/c1-13(2,16(3)4)10-15-12(17)9-14-11-7-5-6-8-11/h11,14H,5-10H2,1-4H3,(H,15,17). The summed E-state index contributed by atoms with van der Waals surface area (Å²) in [7, 11) is 4.06. The molecule has 0 aromatic carbocycles. The van der Waals surface area contributed by atoms with Crippen molar-refractivity contribution >= 4 is 5.91 Å². The van der Waals surface area contributed by atoms with E-state index >= 15 is 0 Å². The molecule has 0 radical (unpaired) electrons. The van der Waals surface area contributed by atoms with E-state index in [-0.39, 0.29) is 11.4 Å². The lowest BCUT2D eigenvalue weighted by Crippen LogP contribution is -2.50. The zero-order valence-corrected chi connectivity index (χ0v) is 11.7. The van der Waals surface area contributed by atoms with Crippen molar-refractivity contribution in [1.82, 2.24) is 15.5 Å². The van der Waals surface area contributed by atoms with Gasteiger partial charge >= 0.3 is 0 Å². The highest BCUT2D eigenvalue weighted by atomic mass is 16.1. The molecule has 4 heteroatoms. The lowest BCUT2D eigenvalue weighted by Gasteiger charge is -2.32. The zero-order chi connectivity index (χ0) is 12.9. The molecule has 1 rings (SSSR count). The third-order valence-electron chi connectivity index (χ3n) is 3.84. The Kier molecular flexibility index (Phi) is 5.40. The van der Waals surface area contributed by atoms with E-state index in [9.17, 15) is 4.79 Å². The Bertz CT molecular complexity index is 245. The number of carbonyl (C=O) groups excluding carboxylic acids is 1. The van der Waals surface area contributed by atoms with E-state index in [2.05, 4.69) is 29.4 Å². The minimum Gasteiger partial charge on any atom is -0.353 e. The van der Waals surface area contributed by atoms with Gasteiger partial charge in [0.2, 0.25) is 5.91 Å². The summed E-state index contributed by atoms with van der Waals surface area (Å²) in [4.78, 5) is 13.8. The number of hydrogen-bond donors (Lipinski definition) is 2. The average Bonchev–Trinajstić information content (AvgIpc) is 2.76. The first-order valence-corrected chi connectivity index (χ1v) is 6.59. The molecule has 1 amide bonds. The highest BCUT2D eigenvalue weighted by Crippen LogP contribution is 2.17. The van der Waals surface area contributed by atoms with Gasteiger partial charge in [-0.25, -0.2) is 0 Å². The normalized spacial score (nSPS) is 17.7. The second kappa shape index (κ2) is 6.36. The summed E-state index contributed by atoms with van der Waals surface area (Å²) >= 11 is 0. The molecule has 1 aliphatic carbocycles. The fourth-order valence-corrected chi connectivity index (χ4v) is 1.90. The third-order valence-corrected chi connectivity index (χ3v) is 3.84. The van der Waals surface area contributed by atoms with E-state index < -0.39 is 0 Å². The third kappa shape index (κ3) is 5.04. The fourth-order valence-electron chi connectivity index (χ4n) is 1.90. The molecule has 0 aromatic heterocycles. The SMILES string of the molecule is CN(C)C(C)(C)CNC(=O)CNC1CCCC1. The molecule has 0 bridgehead atoms. The van der Waals surface area contributed by atoms with E-state index in [1.165, 1.54) is 25.7 Å². The molecule has 0 heterocycles. The number of hydrogen-bond acceptors (Lipinski definition) is 3. The highest BCUT2D eigenvalue weighted by molar-refractivity contribution is 5.78. The number of likely N-dealkylation sites (N-methyl/N-ethyl adjacent to an activating group) is 1. The molecule has 4 nitrogen and oxygen atoms in total. The fraction of sp³-hybridized carbons (Fsp3) is 0.923. The molecule has 2 N–H and O–H groups in total. The Morgan fingerprint density at radius 2 is 1.88 bits per heavy atom. The molecular formula is C13H27N3O. The Morgan fingerprint density at radius 1 is 1.29 bits per heavy atom. The summed E-state index contributed by atoms with van der Waals surface area (Å²) in [5, 5.41) is 6.31. The molecule has 1 fully saturated rings. The van der Waals surface area contributed by atoms with Crippen molar-refractivity contribution in [2.24, 2.45) is 0 Å². The van der Waals surface area contributed by atoms with Gasteiger partial charge in [-0.05, 0) is 40.8 Å². The van der Waals surface area contributed by atoms with Crippen LogP contribution in [0.25, 0.3) is 0 Å². The summed E-state index contributed by atoms with van der Waals surface area (Å²) in [6.07, 6.45) is 5.03. The van der Waals surface area contributed by atoms with E-state index in [0.717, 1.165) is 0 Å². The highest BCUT2D eigenvalue weighted by Gasteiger charge is 2.21. The van der Waals surface area contributed by atoms with Crippen molar-refractivity contribution in [2.45, 2.75) is 51.1 Å². The van der Waals surface area contributed by atoms with Gasteiger partial charge in [0, 0.05) is 18.1 Å². The first-order valence-electron chi connectivity index (χ1n) is 6.59. The Hall–Kier alpha value is -0.610. The molecular weight excluding hydrogens is 214 g/mol. The Morgan fingerprint density at radius 3 is 2.41 bits per heavy atom. The van der Waals surface area contributed by atoms with Crippen molar-refractivity contribution in [2.75, 3.05) is 27.2 Å². The predicted molar refractivity (Wildman–Crippen MR) is 71.0 cm³/mol. The van der Waals surface area contributed by atoms with Crippen LogP contribution in [-0.2, 0) is 4.79 Å². The molecule has 0 spiro atoms. The van der Waals surface area contributed by atoms with Gasteiger partial charge in [0.05, 0.1) is 6.54 Å². The first-order chi connectivity index (χ1) is 7.92. The monoisotopic (exact) mass is 241 g/mol. The topological polar surface area (TPSA) is 44.4 Å². The number of nitrogens with zero attached hydrogens (tertiary/aromatic N) is 1. The van der Waals surface area contributed by atoms with E-state index in [1.807, 2.05) is 14.1 Å². The molecule has 0 aliphatic heterocycles. The van der Waals surface area contributed by atoms with Crippen LogP contribution in [0.2, 0.25) is 0 Å². The van der Waals surface area contributed by atoms with Gasteiger partial charge in [-0.2, -0.15) is 0 Å². The van der Waals surface area contributed by atoms with Crippen LogP contribution < -0.4 is 10.6 Å². The molecule has 100 valence electrons. The van der Waals surface area contributed by atoms with E-state index in [4.69, 9.17) is 0 Å². The number of amides is 1. The number of carbonyl (C=O) groups is 1. The number of nitrogens with one attached hydrogen (secondary N) is 2. The van der Waals surface area contributed by atoms with Crippen molar-refractivity contribution in [3.63, 3.8) is 0 Å². The summed E-state index contributed by atoms with van der Waals surface area (Å²) in [6.45, 7) is 5.38. The van der Waals surface area contributed by atoms with Crippen LogP contribution in [0, 0.1) is 0 Å². The lowest BCUT2D eigenvalue weighted by atomic mass is 10.0. The minimum absolute atomic E-state index is 0.00299. The summed E-state index contributed by atoms with van der Waals surface area (Å²) in [6, 6.07) is 0.558. The average molecular weight is 241 g/mol. The quantitative estimate of drug-likeness (QED) is 0.728. The van der Waals surface area contributed by atoms with Gasteiger partial charge in [-0.15, -0.1) is 0 Å². The smallest absolute Gasteiger partial charge is 0.234 e. The van der Waals surface area contributed by atoms with Crippen molar-refractivity contribution in [1.29, 1.82) is 0 Å². The summed E-state index contributed by atoms with van der Waals surface area (Å²) < 4.78 is 0. The molecule has 0 aromatic rings. The summed E-state index contributed by atoms with van der Waals surface area (Å²) in [5.41, 5.74) is 0.00299.